The van der Waals surface area contributed by atoms with Crippen molar-refractivity contribution in [3.05, 3.63) is 29.8 Å². The summed E-state index contributed by atoms with van der Waals surface area (Å²) in [5.41, 5.74) is 1.26. The van der Waals surface area contributed by atoms with Gasteiger partial charge in [-0.1, -0.05) is 18.2 Å². The van der Waals surface area contributed by atoms with Crippen molar-refractivity contribution in [3.8, 4) is 0 Å². The van der Waals surface area contributed by atoms with Gasteiger partial charge in [-0.25, -0.2) is 4.79 Å². The number of rotatable bonds is 5. The number of carbonyl (C=O) groups is 2. The summed E-state index contributed by atoms with van der Waals surface area (Å²) in [6, 6.07) is 7.28. The fourth-order valence-corrected chi connectivity index (χ4v) is 3.34. The molecule has 0 aliphatic carbocycles. The Morgan fingerprint density at radius 1 is 1.59 bits per heavy atom. The molecule has 5 heteroatoms. The van der Waals surface area contributed by atoms with Gasteiger partial charge in [0, 0.05) is 10.1 Å². The fraction of sp³-hybridized carbons (Fsp3) is 0.333. The molecule has 1 aliphatic heterocycles. The average molecular weight is 251 g/mol. The SMILES string of the molecule is O=CNC(CC1Cc2ccccc2S1)C(=O)O. The maximum atomic E-state index is 10.9. The first kappa shape index (κ1) is 12.0. The lowest BCUT2D eigenvalue weighted by atomic mass is 10.0. The van der Waals surface area contributed by atoms with E-state index >= 15 is 0 Å². The van der Waals surface area contributed by atoms with Crippen LogP contribution in [0.15, 0.2) is 29.2 Å². The zero-order valence-electron chi connectivity index (χ0n) is 9.13. The van der Waals surface area contributed by atoms with Gasteiger partial charge in [-0.05, 0) is 24.5 Å². The van der Waals surface area contributed by atoms with Crippen LogP contribution in [0.25, 0.3) is 0 Å². The minimum absolute atomic E-state index is 0.223. The van der Waals surface area contributed by atoms with E-state index in [0.717, 1.165) is 6.42 Å². The fourth-order valence-electron chi connectivity index (χ4n) is 1.97. The second-order valence-corrected chi connectivity index (χ2v) is 5.30. The highest BCUT2D eigenvalue weighted by molar-refractivity contribution is 8.00. The smallest absolute Gasteiger partial charge is 0.326 e. The number of hydrogen-bond acceptors (Lipinski definition) is 3. The lowest BCUT2D eigenvalue weighted by Gasteiger charge is -2.15. The summed E-state index contributed by atoms with van der Waals surface area (Å²) in [4.78, 5) is 22.5. The van der Waals surface area contributed by atoms with Crippen molar-refractivity contribution >= 4 is 24.1 Å². The molecular weight excluding hydrogens is 238 g/mol. The number of amides is 1. The number of carboxylic acids is 1. The van der Waals surface area contributed by atoms with Crippen LogP contribution in [0.2, 0.25) is 0 Å². The molecule has 0 bridgehead atoms. The largest absolute Gasteiger partial charge is 0.480 e. The molecular formula is C12H13NO3S. The van der Waals surface area contributed by atoms with Crippen molar-refractivity contribution in [1.29, 1.82) is 0 Å². The summed E-state index contributed by atoms with van der Waals surface area (Å²) in [5, 5.41) is 11.5. The summed E-state index contributed by atoms with van der Waals surface area (Å²) < 4.78 is 0. The van der Waals surface area contributed by atoms with Crippen LogP contribution in [-0.4, -0.2) is 28.8 Å². The molecule has 0 fully saturated rings. The summed E-state index contributed by atoms with van der Waals surface area (Å²) in [7, 11) is 0. The predicted molar refractivity (Wildman–Crippen MR) is 65.0 cm³/mol. The van der Waals surface area contributed by atoms with E-state index < -0.39 is 12.0 Å². The third-order valence-corrected chi connectivity index (χ3v) is 4.12. The standard InChI is InChI=1S/C12H13NO3S/c14-7-13-10(12(15)16)6-9-5-8-3-1-2-4-11(8)17-9/h1-4,7,9-10H,5-6H2,(H,13,14)(H,15,16). The first-order valence-corrected chi connectivity index (χ1v) is 6.25. The molecule has 0 spiro atoms. The van der Waals surface area contributed by atoms with E-state index in [0.29, 0.717) is 12.8 Å². The molecule has 2 rings (SSSR count). The maximum absolute atomic E-state index is 10.9. The van der Waals surface area contributed by atoms with Gasteiger partial charge in [0.15, 0.2) is 0 Å². The Labute approximate surface area is 103 Å². The third-order valence-electron chi connectivity index (χ3n) is 2.78. The Hall–Kier alpha value is -1.49. The van der Waals surface area contributed by atoms with Crippen LogP contribution < -0.4 is 5.32 Å². The molecule has 0 saturated carbocycles. The lowest BCUT2D eigenvalue weighted by Crippen LogP contribution is -2.38. The third kappa shape index (κ3) is 2.79. The van der Waals surface area contributed by atoms with Crippen LogP contribution in [0.3, 0.4) is 0 Å². The Balaban J connectivity index is 1.98. The van der Waals surface area contributed by atoms with Crippen LogP contribution >= 0.6 is 11.8 Å². The number of benzene rings is 1. The van der Waals surface area contributed by atoms with Crippen molar-refractivity contribution < 1.29 is 14.7 Å². The first-order chi connectivity index (χ1) is 8.20. The molecule has 1 aromatic carbocycles. The summed E-state index contributed by atoms with van der Waals surface area (Å²) in [6.45, 7) is 0. The molecule has 1 aromatic rings. The summed E-state index contributed by atoms with van der Waals surface area (Å²) >= 11 is 1.69. The second-order valence-electron chi connectivity index (χ2n) is 3.96. The van der Waals surface area contributed by atoms with E-state index in [9.17, 15) is 9.59 Å². The van der Waals surface area contributed by atoms with Crippen molar-refractivity contribution in [2.24, 2.45) is 0 Å². The molecule has 0 radical (unpaired) electrons. The molecule has 0 saturated heterocycles. The second kappa shape index (κ2) is 5.23. The monoisotopic (exact) mass is 251 g/mol. The quantitative estimate of drug-likeness (QED) is 0.774. The molecule has 17 heavy (non-hydrogen) atoms. The van der Waals surface area contributed by atoms with Gasteiger partial charge in [-0.2, -0.15) is 0 Å². The Kier molecular flexibility index (Phi) is 3.68. The van der Waals surface area contributed by atoms with Gasteiger partial charge in [-0.15, -0.1) is 11.8 Å². The number of aliphatic carboxylic acids is 1. The zero-order valence-corrected chi connectivity index (χ0v) is 9.94. The van der Waals surface area contributed by atoms with Crippen molar-refractivity contribution in [3.63, 3.8) is 0 Å². The van der Waals surface area contributed by atoms with Gasteiger partial charge >= 0.3 is 5.97 Å². The number of carboxylic acid groups (broad SMARTS) is 1. The van der Waals surface area contributed by atoms with Gasteiger partial charge in [0.05, 0.1) is 0 Å². The average Bonchev–Trinajstić information content (AvgIpc) is 2.70. The number of fused-ring (bicyclic) bond motifs is 1. The topological polar surface area (TPSA) is 66.4 Å². The highest BCUT2D eigenvalue weighted by Gasteiger charge is 2.27. The van der Waals surface area contributed by atoms with Crippen molar-refractivity contribution in [2.45, 2.75) is 29.0 Å². The van der Waals surface area contributed by atoms with Crippen LogP contribution in [0.4, 0.5) is 0 Å². The van der Waals surface area contributed by atoms with Gasteiger partial charge in [0.25, 0.3) is 0 Å². The number of hydrogen-bond donors (Lipinski definition) is 2. The Morgan fingerprint density at radius 3 is 3.00 bits per heavy atom. The van der Waals surface area contributed by atoms with Crippen molar-refractivity contribution in [2.75, 3.05) is 0 Å². The minimum atomic E-state index is -0.978. The zero-order chi connectivity index (χ0) is 12.3. The molecule has 0 aromatic heterocycles. The van der Waals surface area contributed by atoms with Gasteiger partial charge in [-0.3, -0.25) is 4.79 Å². The first-order valence-electron chi connectivity index (χ1n) is 5.37. The van der Waals surface area contributed by atoms with Crippen LogP contribution in [0.5, 0.6) is 0 Å². The summed E-state index contributed by atoms with van der Waals surface area (Å²) in [6.07, 6.45) is 1.77. The predicted octanol–water partition coefficient (Wildman–Crippen LogP) is 1.29. The van der Waals surface area contributed by atoms with Gasteiger partial charge in [0.1, 0.15) is 6.04 Å². The van der Waals surface area contributed by atoms with Crippen LogP contribution in [0.1, 0.15) is 12.0 Å². The highest BCUT2D eigenvalue weighted by Crippen LogP contribution is 2.38. The highest BCUT2D eigenvalue weighted by atomic mass is 32.2. The molecule has 4 nitrogen and oxygen atoms in total. The van der Waals surface area contributed by atoms with E-state index in [1.54, 1.807) is 11.8 Å². The van der Waals surface area contributed by atoms with Gasteiger partial charge in [0.2, 0.25) is 6.41 Å². The van der Waals surface area contributed by atoms with E-state index in [-0.39, 0.29) is 5.25 Å². The van der Waals surface area contributed by atoms with Crippen LogP contribution in [-0.2, 0) is 16.0 Å². The molecule has 90 valence electrons. The van der Waals surface area contributed by atoms with E-state index in [2.05, 4.69) is 11.4 Å². The summed E-state index contributed by atoms with van der Waals surface area (Å²) in [5.74, 6) is -0.978. The minimum Gasteiger partial charge on any atom is -0.480 e. The molecule has 2 unspecified atom stereocenters. The number of thioether (sulfide) groups is 1. The lowest BCUT2D eigenvalue weighted by molar-refractivity contribution is -0.140. The number of nitrogens with one attached hydrogen (secondary N) is 1. The van der Waals surface area contributed by atoms with E-state index in [4.69, 9.17) is 5.11 Å². The van der Waals surface area contributed by atoms with Gasteiger partial charge < -0.3 is 10.4 Å². The van der Waals surface area contributed by atoms with E-state index in [1.807, 2.05) is 18.2 Å². The maximum Gasteiger partial charge on any atom is 0.326 e. The molecule has 2 N–H and O–H groups in total. The van der Waals surface area contributed by atoms with Crippen molar-refractivity contribution in [1.82, 2.24) is 5.32 Å². The molecule has 1 aliphatic rings. The molecule has 1 amide bonds. The molecule has 1 heterocycles. The van der Waals surface area contributed by atoms with Crippen LogP contribution in [0, 0.1) is 0 Å². The number of carbonyl (C=O) groups excluding carboxylic acids is 1. The Bertz CT molecular complexity index is 411. The van der Waals surface area contributed by atoms with E-state index in [1.165, 1.54) is 10.5 Å². The molecule has 2 atom stereocenters. The Morgan fingerprint density at radius 2 is 2.35 bits per heavy atom. The normalized spacial score (nSPS) is 19.4.